The molecule has 88 valence electrons. The Morgan fingerprint density at radius 2 is 2.25 bits per heavy atom. The molecule has 2 N–H and O–H groups in total. The first kappa shape index (κ1) is 11.4. The number of methoxy groups -OCH3 is 1. The summed E-state index contributed by atoms with van der Waals surface area (Å²) in [6, 6.07) is 7.69. The van der Waals surface area contributed by atoms with Crippen LogP contribution in [0.25, 0.3) is 0 Å². The second-order valence-electron chi connectivity index (χ2n) is 3.93. The van der Waals surface area contributed by atoms with Crippen molar-refractivity contribution in [3.05, 3.63) is 29.8 Å². The first-order valence-electron chi connectivity index (χ1n) is 5.35. The van der Waals surface area contributed by atoms with Crippen LogP contribution >= 0.6 is 0 Å². The number of benzene rings is 1. The van der Waals surface area contributed by atoms with E-state index < -0.39 is 5.79 Å². The highest BCUT2D eigenvalue weighted by Crippen LogP contribution is 2.38. The van der Waals surface area contributed by atoms with Gasteiger partial charge in [0.1, 0.15) is 5.75 Å². The van der Waals surface area contributed by atoms with E-state index in [2.05, 4.69) is 0 Å². The Morgan fingerprint density at radius 1 is 1.50 bits per heavy atom. The van der Waals surface area contributed by atoms with Gasteiger partial charge in [0.25, 0.3) is 0 Å². The molecule has 2 atom stereocenters. The fourth-order valence-corrected chi connectivity index (χ4v) is 1.92. The predicted octanol–water partition coefficient (Wildman–Crippen LogP) is 1.24. The van der Waals surface area contributed by atoms with Crippen LogP contribution in [0.1, 0.15) is 12.5 Å². The number of ether oxygens (including phenoxy) is 3. The molecule has 0 bridgehead atoms. The SMILES string of the molecule is COc1ccccc1C1(C)OCC(CN)O1. The summed E-state index contributed by atoms with van der Waals surface area (Å²) in [7, 11) is 1.64. The van der Waals surface area contributed by atoms with Crippen molar-refractivity contribution in [3.63, 3.8) is 0 Å². The standard InChI is InChI=1S/C12H17NO3/c1-12(15-8-9(7-13)16-12)10-5-3-4-6-11(10)14-2/h3-6,9H,7-8,13H2,1-2H3. The van der Waals surface area contributed by atoms with Crippen LogP contribution in [-0.2, 0) is 15.3 Å². The second kappa shape index (κ2) is 4.41. The van der Waals surface area contributed by atoms with Crippen molar-refractivity contribution in [3.8, 4) is 5.75 Å². The number of hydrogen-bond donors (Lipinski definition) is 1. The summed E-state index contributed by atoms with van der Waals surface area (Å²) in [6.07, 6.45) is -0.0464. The molecule has 0 aromatic heterocycles. The van der Waals surface area contributed by atoms with Gasteiger partial charge in [0.15, 0.2) is 5.79 Å². The summed E-state index contributed by atoms with van der Waals surface area (Å²) < 4.78 is 16.8. The van der Waals surface area contributed by atoms with E-state index in [1.807, 2.05) is 31.2 Å². The van der Waals surface area contributed by atoms with E-state index in [1.54, 1.807) is 7.11 Å². The van der Waals surface area contributed by atoms with E-state index in [0.717, 1.165) is 11.3 Å². The normalized spacial score (nSPS) is 29.3. The molecule has 0 spiro atoms. The Balaban J connectivity index is 2.29. The van der Waals surface area contributed by atoms with Crippen molar-refractivity contribution in [1.29, 1.82) is 0 Å². The van der Waals surface area contributed by atoms with Crippen molar-refractivity contribution in [2.75, 3.05) is 20.3 Å². The summed E-state index contributed by atoms with van der Waals surface area (Å²) in [6.45, 7) is 2.87. The van der Waals surface area contributed by atoms with Crippen LogP contribution in [0.3, 0.4) is 0 Å². The van der Waals surface area contributed by atoms with Gasteiger partial charge in [0.05, 0.1) is 25.4 Å². The third-order valence-electron chi connectivity index (χ3n) is 2.80. The first-order valence-corrected chi connectivity index (χ1v) is 5.35. The molecule has 4 nitrogen and oxygen atoms in total. The largest absolute Gasteiger partial charge is 0.496 e. The summed E-state index contributed by atoms with van der Waals surface area (Å²) in [5, 5.41) is 0. The summed E-state index contributed by atoms with van der Waals surface area (Å²) >= 11 is 0. The lowest BCUT2D eigenvalue weighted by atomic mass is 10.1. The zero-order valence-electron chi connectivity index (χ0n) is 9.60. The fraction of sp³-hybridized carbons (Fsp3) is 0.500. The zero-order valence-corrected chi connectivity index (χ0v) is 9.60. The van der Waals surface area contributed by atoms with Gasteiger partial charge in [-0.1, -0.05) is 12.1 Å². The Labute approximate surface area is 95.3 Å². The molecule has 0 aliphatic carbocycles. The van der Waals surface area contributed by atoms with E-state index in [9.17, 15) is 0 Å². The molecule has 1 aliphatic heterocycles. The molecular formula is C12H17NO3. The lowest BCUT2D eigenvalue weighted by Crippen LogP contribution is -2.27. The van der Waals surface area contributed by atoms with Gasteiger partial charge >= 0.3 is 0 Å². The smallest absolute Gasteiger partial charge is 0.196 e. The quantitative estimate of drug-likeness (QED) is 0.837. The molecule has 1 aromatic carbocycles. The Kier molecular flexibility index (Phi) is 3.14. The van der Waals surface area contributed by atoms with E-state index in [1.165, 1.54) is 0 Å². The molecule has 4 heteroatoms. The lowest BCUT2D eigenvalue weighted by molar-refractivity contribution is -0.161. The molecule has 1 aliphatic rings. The van der Waals surface area contributed by atoms with E-state index in [0.29, 0.717) is 13.2 Å². The summed E-state index contributed by atoms with van der Waals surface area (Å²) in [5.74, 6) is 0.0130. The van der Waals surface area contributed by atoms with Crippen molar-refractivity contribution >= 4 is 0 Å². The highest BCUT2D eigenvalue weighted by atomic mass is 16.7. The monoisotopic (exact) mass is 223 g/mol. The zero-order chi connectivity index (χ0) is 11.6. The van der Waals surface area contributed by atoms with Crippen LogP contribution in [0.4, 0.5) is 0 Å². The number of hydrogen-bond acceptors (Lipinski definition) is 4. The van der Waals surface area contributed by atoms with Gasteiger partial charge in [-0.05, 0) is 19.1 Å². The minimum atomic E-state index is -0.753. The molecule has 0 saturated carbocycles. The van der Waals surface area contributed by atoms with Crippen molar-refractivity contribution in [2.45, 2.75) is 18.8 Å². The molecule has 0 amide bonds. The lowest BCUT2D eigenvalue weighted by Gasteiger charge is -2.25. The number of nitrogens with two attached hydrogens (primary N) is 1. The van der Waals surface area contributed by atoms with Gasteiger partial charge in [0.2, 0.25) is 0 Å². The maximum atomic E-state index is 5.80. The van der Waals surface area contributed by atoms with Crippen LogP contribution in [-0.4, -0.2) is 26.4 Å². The van der Waals surface area contributed by atoms with Gasteiger partial charge in [-0.25, -0.2) is 0 Å². The molecule has 1 aromatic rings. The molecule has 2 rings (SSSR count). The van der Waals surface area contributed by atoms with E-state index in [4.69, 9.17) is 19.9 Å². The average Bonchev–Trinajstić information content (AvgIpc) is 2.72. The van der Waals surface area contributed by atoms with Gasteiger partial charge in [-0.3, -0.25) is 0 Å². The van der Waals surface area contributed by atoms with Crippen molar-refractivity contribution in [1.82, 2.24) is 0 Å². The van der Waals surface area contributed by atoms with E-state index in [-0.39, 0.29) is 6.10 Å². The van der Waals surface area contributed by atoms with E-state index >= 15 is 0 Å². The first-order chi connectivity index (χ1) is 7.69. The van der Waals surface area contributed by atoms with Crippen LogP contribution in [0.15, 0.2) is 24.3 Å². The minimum absolute atomic E-state index is 0.0464. The highest BCUT2D eigenvalue weighted by molar-refractivity contribution is 5.36. The Bertz CT molecular complexity index is 369. The molecule has 1 fully saturated rings. The third kappa shape index (κ3) is 1.91. The number of para-hydroxylation sites is 1. The van der Waals surface area contributed by atoms with Gasteiger partial charge in [-0.15, -0.1) is 0 Å². The molecule has 1 saturated heterocycles. The van der Waals surface area contributed by atoms with Crippen LogP contribution < -0.4 is 10.5 Å². The molecule has 16 heavy (non-hydrogen) atoms. The van der Waals surface area contributed by atoms with Gasteiger partial charge < -0.3 is 19.9 Å². The Hall–Kier alpha value is -1.10. The van der Waals surface area contributed by atoms with Gasteiger partial charge in [0, 0.05) is 6.54 Å². The summed E-state index contributed by atoms with van der Waals surface area (Å²) in [5.41, 5.74) is 6.46. The van der Waals surface area contributed by atoms with Crippen molar-refractivity contribution < 1.29 is 14.2 Å². The van der Waals surface area contributed by atoms with Gasteiger partial charge in [-0.2, -0.15) is 0 Å². The minimum Gasteiger partial charge on any atom is -0.496 e. The van der Waals surface area contributed by atoms with Crippen LogP contribution in [0.5, 0.6) is 5.75 Å². The maximum Gasteiger partial charge on any atom is 0.196 e. The third-order valence-corrected chi connectivity index (χ3v) is 2.80. The highest BCUT2D eigenvalue weighted by Gasteiger charge is 2.40. The Morgan fingerprint density at radius 3 is 2.88 bits per heavy atom. The maximum absolute atomic E-state index is 5.80. The molecule has 1 heterocycles. The molecule has 0 radical (unpaired) electrons. The predicted molar refractivity (Wildman–Crippen MR) is 60.2 cm³/mol. The fourth-order valence-electron chi connectivity index (χ4n) is 1.92. The molecule has 2 unspecified atom stereocenters. The van der Waals surface area contributed by atoms with Crippen molar-refractivity contribution in [2.24, 2.45) is 5.73 Å². The number of rotatable bonds is 3. The average molecular weight is 223 g/mol. The molecular weight excluding hydrogens is 206 g/mol. The van der Waals surface area contributed by atoms with Crippen LogP contribution in [0.2, 0.25) is 0 Å². The van der Waals surface area contributed by atoms with Crippen LogP contribution in [0, 0.1) is 0 Å². The summed E-state index contributed by atoms with van der Waals surface area (Å²) in [4.78, 5) is 0. The second-order valence-corrected chi connectivity index (χ2v) is 3.93. The topological polar surface area (TPSA) is 53.7 Å².